The molecule has 1 fully saturated rings. The molecule has 0 saturated heterocycles. The number of hydrogen-bond donors (Lipinski definition) is 1. The first-order chi connectivity index (χ1) is 10.5. The molecule has 22 heavy (non-hydrogen) atoms. The van der Waals surface area contributed by atoms with Gasteiger partial charge in [0.1, 0.15) is 0 Å². The highest BCUT2D eigenvalue weighted by atomic mass is 79.9. The van der Waals surface area contributed by atoms with E-state index in [0.717, 1.165) is 23.7 Å². The van der Waals surface area contributed by atoms with Crippen molar-refractivity contribution in [2.24, 2.45) is 5.92 Å². The number of benzene rings is 1. The topological polar surface area (TPSA) is 55.4 Å². The Morgan fingerprint density at radius 2 is 1.86 bits per heavy atom. The van der Waals surface area contributed by atoms with Gasteiger partial charge in [-0.1, -0.05) is 35.7 Å². The third-order valence-corrected chi connectivity index (χ3v) is 4.70. The number of carbonyl (C=O) groups excluding carboxylic acids is 2. The predicted octanol–water partition coefficient (Wildman–Crippen LogP) is 3.69. The van der Waals surface area contributed by atoms with Crippen LogP contribution in [0.5, 0.6) is 0 Å². The van der Waals surface area contributed by atoms with Crippen LogP contribution in [0.25, 0.3) is 0 Å². The predicted molar refractivity (Wildman–Crippen MR) is 88.6 cm³/mol. The first kappa shape index (κ1) is 17.0. The van der Waals surface area contributed by atoms with Gasteiger partial charge in [-0.25, -0.2) is 4.79 Å². The van der Waals surface area contributed by atoms with E-state index >= 15 is 0 Å². The third-order valence-electron chi connectivity index (χ3n) is 4.17. The van der Waals surface area contributed by atoms with Gasteiger partial charge in [-0.3, -0.25) is 4.79 Å². The number of halogens is 1. The molecular formula is C17H22BrNO3. The average Bonchev–Trinajstić information content (AvgIpc) is 2.50. The summed E-state index contributed by atoms with van der Waals surface area (Å²) < 4.78 is 6.14. The molecule has 5 heteroatoms. The second kappa shape index (κ2) is 7.77. The molecule has 1 amide bonds. The van der Waals surface area contributed by atoms with E-state index in [-0.39, 0.29) is 11.9 Å². The molecule has 1 aromatic carbocycles. The van der Waals surface area contributed by atoms with Crippen molar-refractivity contribution in [2.75, 3.05) is 0 Å². The monoisotopic (exact) mass is 367 g/mol. The van der Waals surface area contributed by atoms with Crippen LogP contribution in [0.2, 0.25) is 0 Å². The molecule has 0 spiro atoms. The van der Waals surface area contributed by atoms with E-state index in [9.17, 15) is 9.59 Å². The minimum absolute atomic E-state index is 0.190. The van der Waals surface area contributed by atoms with E-state index in [0.29, 0.717) is 11.5 Å². The normalized spacial score (nSPS) is 22.7. The van der Waals surface area contributed by atoms with Gasteiger partial charge in [-0.15, -0.1) is 0 Å². The molecule has 0 radical (unpaired) electrons. The van der Waals surface area contributed by atoms with E-state index in [1.807, 2.05) is 0 Å². The standard InChI is InChI=1S/C17H22BrNO3/c1-11-5-3-4-6-15(11)19-16(20)12(2)22-17(21)13-7-9-14(18)10-8-13/h7-12,15H,3-6H2,1-2H3,(H,19,20)/t11-,12-,15+/m1/s1. The zero-order chi connectivity index (χ0) is 16.1. The Bertz CT molecular complexity index is 529. The Kier molecular flexibility index (Phi) is 6.00. The van der Waals surface area contributed by atoms with E-state index in [1.54, 1.807) is 31.2 Å². The van der Waals surface area contributed by atoms with Crippen molar-refractivity contribution in [2.45, 2.75) is 51.7 Å². The van der Waals surface area contributed by atoms with Crippen molar-refractivity contribution in [1.29, 1.82) is 0 Å². The van der Waals surface area contributed by atoms with Crippen LogP contribution in [0.3, 0.4) is 0 Å². The highest BCUT2D eigenvalue weighted by molar-refractivity contribution is 9.10. The van der Waals surface area contributed by atoms with Crippen molar-refractivity contribution < 1.29 is 14.3 Å². The number of carbonyl (C=O) groups is 2. The molecule has 1 N–H and O–H groups in total. The molecule has 0 heterocycles. The number of ether oxygens (including phenoxy) is 1. The molecule has 1 aromatic rings. The Labute approximate surface area is 139 Å². The zero-order valence-corrected chi connectivity index (χ0v) is 14.6. The van der Waals surface area contributed by atoms with Crippen LogP contribution in [0.1, 0.15) is 49.9 Å². The van der Waals surface area contributed by atoms with Crippen LogP contribution in [0.15, 0.2) is 28.7 Å². The molecule has 120 valence electrons. The quantitative estimate of drug-likeness (QED) is 0.825. The van der Waals surface area contributed by atoms with E-state index in [4.69, 9.17) is 4.74 Å². The molecule has 0 bridgehead atoms. The lowest BCUT2D eigenvalue weighted by molar-refractivity contribution is -0.130. The molecule has 3 atom stereocenters. The largest absolute Gasteiger partial charge is 0.449 e. The van der Waals surface area contributed by atoms with Crippen LogP contribution in [-0.4, -0.2) is 24.0 Å². The molecule has 1 aliphatic carbocycles. The maximum absolute atomic E-state index is 12.2. The van der Waals surface area contributed by atoms with Gasteiger partial charge in [-0.05, 0) is 49.9 Å². The summed E-state index contributed by atoms with van der Waals surface area (Å²) in [5.41, 5.74) is 0.439. The summed E-state index contributed by atoms with van der Waals surface area (Å²) >= 11 is 3.31. The number of rotatable bonds is 4. The molecule has 1 saturated carbocycles. The highest BCUT2D eigenvalue weighted by Crippen LogP contribution is 2.23. The fraction of sp³-hybridized carbons (Fsp3) is 0.529. The minimum atomic E-state index is -0.787. The molecular weight excluding hydrogens is 346 g/mol. The van der Waals surface area contributed by atoms with E-state index in [1.165, 1.54) is 6.42 Å². The van der Waals surface area contributed by atoms with Crippen molar-refractivity contribution >= 4 is 27.8 Å². The van der Waals surface area contributed by atoms with Crippen LogP contribution >= 0.6 is 15.9 Å². The number of amides is 1. The lowest BCUT2D eigenvalue weighted by atomic mass is 9.86. The Balaban J connectivity index is 1.87. The van der Waals surface area contributed by atoms with Crippen LogP contribution in [0, 0.1) is 5.92 Å². The summed E-state index contributed by atoms with van der Waals surface area (Å²) in [6.07, 6.45) is 3.72. The summed E-state index contributed by atoms with van der Waals surface area (Å²) in [5.74, 6) is -0.219. The van der Waals surface area contributed by atoms with Gasteiger partial charge in [0.05, 0.1) is 5.56 Å². The lowest BCUT2D eigenvalue weighted by Crippen LogP contribution is -2.45. The smallest absolute Gasteiger partial charge is 0.338 e. The van der Waals surface area contributed by atoms with Gasteiger partial charge in [0.2, 0.25) is 0 Å². The van der Waals surface area contributed by atoms with E-state index in [2.05, 4.69) is 28.2 Å². The number of hydrogen-bond acceptors (Lipinski definition) is 3. The van der Waals surface area contributed by atoms with Gasteiger partial charge < -0.3 is 10.1 Å². The van der Waals surface area contributed by atoms with Crippen molar-refractivity contribution in [3.8, 4) is 0 Å². The zero-order valence-electron chi connectivity index (χ0n) is 13.0. The van der Waals surface area contributed by atoms with Crippen LogP contribution in [0.4, 0.5) is 0 Å². The lowest BCUT2D eigenvalue weighted by Gasteiger charge is -2.30. The number of nitrogens with one attached hydrogen (secondary N) is 1. The third kappa shape index (κ3) is 4.57. The molecule has 1 aliphatic rings. The van der Waals surface area contributed by atoms with Crippen LogP contribution < -0.4 is 5.32 Å². The average molecular weight is 368 g/mol. The summed E-state index contributed by atoms with van der Waals surface area (Å²) in [7, 11) is 0. The van der Waals surface area contributed by atoms with Gasteiger partial charge in [0, 0.05) is 10.5 Å². The number of esters is 1. The maximum Gasteiger partial charge on any atom is 0.338 e. The maximum atomic E-state index is 12.2. The van der Waals surface area contributed by atoms with Gasteiger partial charge >= 0.3 is 5.97 Å². The van der Waals surface area contributed by atoms with E-state index < -0.39 is 12.1 Å². The molecule has 0 aliphatic heterocycles. The van der Waals surface area contributed by atoms with Crippen molar-refractivity contribution in [3.63, 3.8) is 0 Å². The van der Waals surface area contributed by atoms with Crippen molar-refractivity contribution in [3.05, 3.63) is 34.3 Å². The fourth-order valence-electron chi connectivity index (χ4n) is 2.70. The van der Waals surface area contributed by atoms with Crippen molar-refractivity contribution in [1.82, 2.24) is 5.32 Å². The molecule has 0 unspecified atom stereocenters. The van der Waals surface area contributed by atoms with Gasteiger partial charge in [0.15, 0.2) is 6.10 Å². The summed E-state index contributed by atoms with van der Waals surface area (Å²) in [4.78, 5) is 24.2. The summed E-state index contributed by atoms with van der Waals surface area (Å²) in [6.45, 7) is 3.77. The first-order valence-electron chi connectivity index (χ1n) is 7.74. The molecule has 0 aromatic heterocycles. The minimum Gasteiger partial charge on any atom is -0.449 e. The highest BCUT2D eigenvalue weighted by Gasteiger charge is 2.26. The summed E-state index contributed by atoms with van der Waals surface area (Å²) in [5, 5.41) is 3.01. The van der Waals surface area contributed by atoms with Crippen LogP contribution in [-0.2, 0) is 9.53 Å². The molecule has 4 nitrogen and oxygen atoms in total. The fourth-order valence-corrected chi connectivity index (χ4v) is 2.96. The first-order valence-corrected chi connectivity index (χ1v) is 8.53. The second-order valence-corrected chi connectivity index (χ2v) is 6.85. The van der Waals surface area contributed by atoms with Gasteiger partial charge in [-0.2, -0.15) is 0 Å². The summed E-state index contributed by atoms with van der Waals surface area (Å²) in [6, 6.07) is 7.06. The Hall–Kier alpha value is -1.36. The SMILES string of the molecule is C[C@@H]1CCCC[C@@H]1NC(=O)[C@@H](C)OC(=O)c1ccc(Br)cc1. The second-order valence-electron chi connectivity index (χ2n) is 5.93. The Morgan fingerprint density at radius 3 is 2.50 bits per heavy atom. The van der Waals surface area contributed by atoms with Gasteiger partial charge in [0.25, 0.3) is 5.91 Å². The molecule has 2 rings (SSSR count). The Morgan fingerprint density at radius 1 is 1.23 bits per heavy atom.